The molecule has 1 amide bonds. The highest BCUT2D eigenvalue weighted by Gasteiger charge is 2.36. The van der Waals surface area contributed by atoms with Crippen LogP contribution in [0.1, 0.15) is 27.9 Å². The number of aryl methyl sites for hydroxylation is 2. The van der Waals surface area contributed by atoms with E-state index in [1.807, 2.05) is 38.1 Å². The van der Waals surface area contributed by atoms with Gasteiger partial charge in [-0.05, 0) is 86.6 Å². The molecule has 43 heavy (non-hydrogen) atoms. The van der Waals surface area contributed by atoms with Crippen molar-refractivity contribution < 1.29 is 36.5 Å². The van der Waals surface area contributed by atoms with Crippen LogP contribution in [0.25, 0.3) is 0 Å². The minimum Gasteiger partial charge on any atom is -0.457 e. The molecule has 1 atom stereocenters. The lowest BCUT2D eigenvalue weighted by atomic mass is 10.1. The Morgan fingerprint density at radius 1 is 0.767 bits per heavy atom. The van der Waals surface area contributed by atoms with Crippen LogP contribution in [-0.4, -0.2) is 39.2 Å². The summed E-state index contributed by atoms with van der Waals surface area (Å²) < 4.78 is 41.2. The van der Waals surface area contributed by atoms with E-state index in [1.54, 1.807) is 36.4 Å². The van der Waals surface area contributed by atoms with Crippen LogP contribution in [0.2, 0.25) is 0 Å². The number of carbonyl (C=O) groups is 3. The van der Waals surface area contributed by atoms with Gasteiger partial charge in [-0.2, -0.15) is 8.42 Å². The highest BCUT2D eigenvalue weighted by atomic mass is 32.2. The van der Waals surface area contributed by atoms with Gasteiger partial charge in [-0.1, -0.05) is 35.4 Å². The molecule has 4 aromatic rings. The molecule has 0 unspecified atom stereocenters. The third-order valence-corrected chi connectivity index (χ3v) is 8.16. The zero-order valence-electron chi connectivity index (χ0n) is 23.6. The Balaban J connectivity index is 1.12. The van der Waals surface area contributed by atoms with Crippen molar-refractivity contribution in [2.24, 2.45) is 5.92 Å². The minimum atomic E-state index is -4.03. The molecule has 9 nitrogen and oxygen atoms in total. The van der Waals surface area contributed by atoms with E-state index in [0.717, 1.165) is 11.1 Å². The Hall–Kier alpha value is -4.96. The topological polar surface area (TPSA) is 116 Å². The molecule has 5 rings (SSSR count). The maximum absolute atomic E-state index is 12.7. The van der Waals surface area contributed by atoms with Crippen LogP contribution in [-0.2, 0) is 24.4 Å². The zero-order valence-corrected chi connectivity index (χ0v) is 24.4. The first kappa shape index (κ1) is 29.5. The smallest absolute Gasteiger partial charge is 0.339 e. The van der Waals surface area contributed by atoms with Crippen LogP contribution in [0, 0.1) is 19.8 Å². The standard InChI is InChI=1S/C33H29NO8S/c1-22-3-11-27(12-4-22)41-28-15-9-26(10-16-28)34-20-25(19-32(34)36)33(37)40-21-31(35)24-7-13-29(14-8-24)42-43(38,39)30-17-5-23(2)6-18-30/h3-18,25H,19-21H2,1-2H3/t25-/m0/s1. The third-order valence-electron chi connectivity index (χ3n) is 6.90. The van der Waals surface area contributed by atoms with Gasteiger partial charge < -0.3 is 18.6 Å². The van der Waals surface area contributed by atoms with Crippen LogP contribution >= 0.6 is 0 Å². The fourth-order valence-corrected chi connectivity index (χ4v) is 5.40. The second-order valence-electron chi connectivity index (χ2n) is 10.2. The van der Waals surface area contributed by atoms with Crippen LogP contribution < -0.4 is 13.8 Å². The SMILES string of the molecule is Cc1ccc(Oc2ccc(N3C[C@@H](C(=O)OCC(=O)c4ccc(OS(=O)(=O)c5ccc(C)cc5)cc4)CC3=O)cc2)cc1. The summed E-state index contributed by atoms with van der Waals surface area (Å²) in [5.41, 5.74) is 2.87. The average Bonchev–Trinajstić information content (AvgIpc) is 3.39. The van der Waals surface area contributed by atoms with E-state index in [0.29, 0.717) is 17.2 Å². The van der Waals surface area contributed by atoms with Gasteiger partial charge in [0.25, 0.3) is 0 Å². The first-order chi connectivity index (χ1) is 20.6. The van der Waals surface area contributed by atoms with Gasteiger partial charge in [0.05, 0.1) is 5.92 Å². The Morgan fingerprint density at radius 2 is 1.30 bits per heavy atom. The molecule has 0 N–H and O–H groups in total. The first-order valence-electron chi connectivity index (χ1n) is 13.5. The predicted octanol–water partition coefficient (Wildman–Crippen LogP) is 5.64. The van der Waals surface area contributed by atoms with E-state index in [2.05, 4.69) is 0 Å². The predicted molar refractivity (Wildman–Crippen MR) is 159 cm³/mol. The number of esters is 1. The first-order valence-corrected chi connectivity index (χ1v) is 14.9. The van der Waals surface area contributed by atoms with Gasteiger partial charge >= 0.3 is 16.1 Å². The summed E-state index contributed by atoms with van der Waals surface area (Å²) in [6, 6.07) is 26.4. The van der Waals surface area contributed by atoms with Crippen molar-refractivity contribution in [2.45, 2.75) is 25.2 Å². The van der Waals surface area contributed by atoms with Gasteiger partial charge in [0.1, 0.15) is 22.1 Å². The van der Waals surface area contributed by atoms with Crippen LogP contribution in [0.5, 0.6) is 17.2 Å². The summed E-state index contributed by atoms with van der Waals surface area (Å²) in [5.74, 6) is -0.722. The van der Waals surface area contributed by atoms with Gasteiger partial charge in [0, 0.05) is 24.2 Å². The number of benzene rings is 4. The van der Waals surface area contributed by atoms with Gasteiger partial charge in [-0.15, -0.1) is 0 Å². The molecule has 0 radical (unpaired) electrons. The molecule has 220 valence electrons. The number of hydrogen-bond donors (Lipinski definition) is 0. The minimum absolute atomic E-state index is 0.0123. The average molecular weight is 600 g/mol. The summed E-state index contributed by atoms with van der Waals surface area (Å²) in [6.07, 6.45) is -0.0316. The number of rotatable bonds is 10. The van der Waals surface area contributed by atoms with Crippen molar-refractivity contribution >= 4 is 33.5 Å². The third kappa shape index (κ3) is 7.28. The van der Waals surface area contributed by atoms with Crippen LogP contribution in [0.3, 0.4) is 0 Å². The van der Waals surface area contributed by atoms with Crippen molar-refractivity contribution in [3.05, 3.63) is 114 Å². The molecule has 0 aliphatic carbocycles. The van der Waals surface area contributed by atoms with Crippen molar-refractivity contribution in [3.63, 3.8) is 0 Å². The lowest BCUT2D eigenvalue weighted by Gasteiger charge is -2.17. The van der Waals surface area contributed by atoms with E-state index < -0.39 is 34.4 Å². The molecule has 0 bridgehead atoms. The second-order valence-corrected chi connectivity index (χ2v) is 11.8. The highest BCUT2D eigenvalue weighted by Crippen LogP contribution is 2.29. The summed E-state index contributed by atoms with van der Waals surface area (Å²) in [6.45, 7) is 3.45. The lowest BCUT2D eigenvalue weighted by Crippen LogP contribution is -2.27. The van der Waals surface area contributed by atoms with Crippen molar-refractivity contribution in [1.29, 1.82) is 0 Å². The molecular weight excluding hydrogens is 570 g/mol. The molecule has 1 aliphatic rings. The maximum atomic E-state index is 12.7. The van der Waals surface area contributed by atoms with Gasteiger partial charge in [-0.25, -0.2) is 0 Å². The molecule has 0 saturated carbocycles. The molecular formula is C33H29NO8S. The molecule has 1 aliphatic heterocycles. The van der Waals surface area contributed by atoms with E-state index in [4.69, 9.17) is 13.7 Å². The molecule has 1 heterocycles. The molecule has 4 aromatic carbocycles. The number of hydrogen-bond acceptors (Lipinski definition) is 8. The molecule has 10 heteroatoms. The fraction of sp³-hybridized carbons (Fsp3) is 0.182. The molecule has 1 fully saturated rings. The van der Waals surface area contributed by atoms with Crippen LogP contribution in [0.4, 0.5) is 5.69 Å². The number of ketones is 1. The number of amides is 1. The Bertz CT molecular complexity index is 1730. The monoisotopic (exact) mass is 599 g/mol. The summed E-state index contributed by atoms with van der Waals surface area (Å²) in [4.78, 5) is 39.5. The van der Waals surface area contributed by atoms with Crippen molar-refractivity contribution in [3.8, 4) is 17.2 Å². The summed E-state index contributed by atoms with van der Waals surface area (Å²) in [5, 5.41) is 0. The number of Topliss-reactive ketones (excluding diaryl/α,β-unsaturated/α-hetero) is 1. The van der Waals surface area contributed by atoms with Crippen molar-refractivity contribution in [1.82, 2.24) is 0 Å². The van der Waals surface area contributed by atoms with Gasteiger partial charge in [0.2, 0.25) is 5.91 Å². The van der Waals surface area contributed by atoms with E-state index >= 15 is 0 Å². The van der Waals surface area contributed by atoms with E-state index in [9.17, 15) is 22.8 Å². The maximum Gasteiger partial charge on any atom is 0.339 e. The second kappa shape index (κ2) is 12.5. The van der Waals surface area contributed by atoms with Gasteiger partial charge in [0.15, 0.2) is 12.4 Å². The largest absolute Gasteiger partial charge is 0.457 e. The molecule has 0 aromatic heterocycles. The van der Waals surface area contributed by atoms with E-state index in [1.165, 1.54) is 41.3 Å². The Labute approximate surface area is 249 Å². The fourth-order valence-electron chi connectivity index (χ4n) is 4.47. The zero-order chi connectivity index (χ0) is 30.6. The normalized spacial score (nSPS) is 14.8. The van der Waals surface area contributed by atoms with Crippen LogP contribution in [0.15, 0.2) is 102 Å². The number of ether oxygens (including phenoxy) is 2. The number of nitrogens with zero attached hydrogens (tertiary/aromatic N) is 1. The van der Waals surface area contributed by atoms with Gasteiger partial charge in [-0.3, -0.25) is 14.4 Å². The van der Waals surface area contributed by atoms with Crippen molar-refractivity contribution in [2.75, 3.05) is 18.1 Å². The quantitative estimate of drug-likeness (QED) is 0.131. The number of anilines is 1. The number of carbonyl (C=O) groups excluding carboxylic acids is 3. The molecule has 0 spiro atoms. The molecule has 1 saturated heterocycles. The highest BCUT2D eigenvalue weighted by molar-refractivity contribution is 7.87. The lowest BCUT2D eigenvalue weighted by molar-refractivity contribution is -0.147. The Morgan fingerprint density at radius 3 is 1.91 bits per heavy atom. The Kier molecular flexibility index (Phi) is 8.58. The summed E-state index contributed by atoms with van der Waals surface area (Å²) >= 11 is 0. The summed E-state index contributed by atoms with van der Waals surface area (Å²) in [7, 11) is -4.03. The van der Waals surface area contributed by atoms with E-state index in [-0.39, 0.29) is 35.1 Å².